The van der Waals surface area contributed by atoms with Gasteiger partial charge in [0.1, 0.15) is 0 Å². The lowest BCUT2D eigenvalue weighted by atomic mass is 9.94. The second-order valence-corrected chi connectivity index (χ2v) is 7.28. The number of benzene rings is 1. The van der Waals surface area contributed by atoms with Crippen molar-refractivity contribution in [3.63, 3.8) is 0 Å². The van der Waals surface area contributed by atoms with E-state index >= 15 is 0 Å². The van der Waals surface area contributed by atoms with E-state index in [1.165, 1.54) is 4.90 Å². The minimum absolute atomic E-state index is 0.150. The lowest BCUT2D eigenvalue weighted by molar-refractivity contribution is 0.00784. The number of hydrogen-bond donors (Lipinski definition) is 4. The van der Waals surface area contributed by atoms with Crippen LogP contribution in [-0.4, -0.2) is 63.7 Å². The Morgan fingerprint density at radius 2 is 1.84 bits per heavy atom. The molecule has 0 saturated heterocycles. The van der Waals surface area contributed by atoms with E-state index < -0.39 is 23.8 Å². The molecule has 0 aromatic heterocycles. The minimum Gasteiger partial charge on any atom is -0.465 e. The molecule has 0 saturated carbocycles. The highest BCUT2D eigenvalue weighted by Crippen LogP contribution is 2.22. The second-order valence-electron chi connectivity index (χ2n) is 7.28. The Morgan fingerprint density at radius 3 is 2.36 bits per heavy atom. The van der Waals surface area contributed by atoms with Crippen LogP contribution in [0.2, 0.25) is 0 Å². The summed E-state index contributed by atoms with van der Waals surface area (Å²) in [5.74, 6) is 0. The van der Waals surface area contributed by atoms with Gasteiger partial charge in [-0.3, -0.25) is 4.90 Å². The standard InChI is InChI=1S/C19H32N2O4/c1-19(2,3)21(18(24)25)16(13-15-9-5-4-6-10-15)17(23)14-20-11-7-8-12-22/h4-6,9-10,16-17,20,22-23H,7-8,11-14H2,1-3H3,(H,24,25)/t16-,17+/m0/s1. The number of aliphatic hydroxyl groups is 2. The highest BCUT2D eigenvalue weighted by atomic mass is 16.4. The first-order valence-corrected chi connectivity index (χ1v) is 8.83. The molecule has 1 rings (SSSR count). The molecule has 6 nitrogen and oxygen atoms in total. The van der Waals surface area contributed by atoms with E-state index in [9.17, 15) is 15.0 Å². The van der Waals surface area contributed by atoms with E-state index in [0.29, 0.717) is 25.9 Å². The molecular weight excluding hydrogens is 320 g/mol. The van der Waals surface area contributed by atoms with E-state index in [0.717, 1.165) is 12.0 Å². The SMILES string of the molecule is CC(C)(C)N(C(=O)O)[C@@H](Cc1ccccc1)[C@H](O)CNCCCCO. The smallest absolute Gasteiger partial charge is 0.408 e. The Labute approximate surface area is 150 Å². The number of carboxylic acid groups (broad SMARTS) is 1. The highest BCUT2D eigenvalue weighted by molar-refractivity contribution is 5.66. The summed E-state index contributed by atoms with van der Waals surface area (Å²) in [6.45, 7) is 6.64. The fraction of sp³-hybridized carbons (Fsp3) is 0.632. The van der Waals surface area contributed by atoms with Crippen molar-refractivity contribution >= 4 is 6.09 Å². The first-order chi connectivity index (χ1) is 11.8. The van der Waals surface area contributed by atoms with Gasteiger partial charge in [-0.15, -0.1) is 0 Å². The first kappa shape index (κ1) is 21.4. The number of nitrogens with zero attached hydrogens (tertiary/aromatic N) is 1. The maximum absolute atomic E-state index is 11.9. The van der Waals surface area contributed by atoms with Crippen LogP contribution in [-0.2, 0) is 6.42 Å². The van der Waals surface area contributed by atoms with Crippen molar-refractivity contribution < 1.29 is 20.1 Å². The largest absolute Gasteiger partial charge is 0.465 e. The van der Waals surface area contributed by atoms with Crippen molar-refractivity contribution in [2.45, 2.75) is 57.7 Å². The van der Waals surface area contributed by atoms with Crippen molar-refractivity contribution in [1.82, 2.24) is 10.2 Å². The van der Waals surface area contributed by atoms with Crippen LogP contribution in [0.5, 0.6) is 0 Å². The maximum Gasteiger partial charge on any atom is 0.408 e. The number of aliphatic hydroxyl groups excluding tert-OH is 2. The molecule has 0 aliphatic rings. The van der Waals surface area contributed by atoms with E-state index in [2.05, 4.69) is 5.32 Å². The third-order valence-corrected chi connectivity index (χ3v) is 4.11. The van der Waals surface area contributed by atoms with Gasteiger partial charge in [-0.2, -0.15) is 0 Å². The van der Waals surface area contributed by atoms with E-state index in [4.69, 9.17) is 5.11 Å². The lowest BCUT2D eigenvalue weighted by Gasteiger charge is -2.42. The Morgan fingerprint density at radius 1 is 1.20 bits per heavy atom. The van der Waals surface area contributed by atoms with Gasteiger partial charge in [0.2, 0.25) is 0 Å². The average Bonchev–Trinajstić information content (AvgIpc) is 2.53. The Kier molecular flexibility index (Phi) is 8.89. The van der Waals surface area contributed by atoms with E-state index in [-0.39, 0.29) is 6.61 Å². The van der Waals surface area contributed by atoms with Crippen LogP contribution in [0, 0.1) is 0 Å². The predicted octanol–water partition coefficient (Wildman–Crippen LogP) is 2.10. The van der Waals surface area contributed by atoms with Gasteiger partial charge in [0.15, 0.2) is 0 Å². The van der Waals surface area contributed by atoms with Gasteiger partial charge in [-0.1, -0.05) is 30.3 Å². The third-order valence-electron chi connectivity index (χ3n) is 4.11. The molecule has 25 heavy (non-hydrogen) atoms. The molecule has 2 atom stereocenters. The fourth-order valence-corrected chi connectivity index (χ4v) is 2.93. The number of amides is 1. The van der Waals surface area contributed by atoms with Gasteiger partial charge in [0.25, 0.3) is 0 Å². The van der Waals surface area contributed by atoms with Gasteiger partial charge in [0, 0.05) is 18.7 Å². The molecule has 0 aliphatic carbocycles. The summed E-state index contributed by atoms with van der Waals surface area (Å²) >= 11 is 0. The summed E-state index contributed by atoms with van der Waals surface area (Å²) in [7, 11) is 0. The zero-order valence-electron chi connectivity index (χ0n) is 15.5. The van der Waals surface area contributed by atoms with E-state index in [1.807, 2.05) is 51.1 Å². The topological polar surface area (TPSA) is 93.0 Å². The second kappa shape index (κ2) is 10.4. The van der Waals surface area contributed by atoms with Gasteiger partial charge >= 0.3 is 6.09 Å². The van der Waals surface area contributed by atoms with Crippen molar-refractivity contribution in [3.05, 3.63) is 35.9 Å². The van der Waals surface area contributed by atoms with Crippen molar-refractivity contribution in [2.75, 3.05) is 19.7 Å². The summed E-state index contributed by atoms with van der Waals surface area (Å²) in [5.41, 5.74) is 0.366. The quantitative estimate of drug-likeness (QED) is 0.484. The number of unbranched alkanes of at least 4 members (excludes halogenated alkanes) is 1. The summed E-state index contributed by atoms with van der Waals surface area (Å²) in [6, 6.07) is 9.07. The zero-order chi connectivity index (χ0) is 18.9. The number of carbonyl (C=O) groups is 1. The Hall–Kier alpha value is -1.63. The minimum atomic E-state index is -1.03. The molecule has 0 heterocycles. The normalized spacial score (nSPS) is 14.1. The molecule has 1 aromatic carbocycles. The lowest BCUT2D eigenvalue weighted by Crippen LogP contribution is -2.58. The summed E-state index contributed by atoms with van der Waals surface area (Å²) < 4.78 is 0. The molecule has 0 bridgehead atoms. The molecule has 6 heteroatoms. The van der Waals surface area contributed by atoms with Crippen LogP contribution in [0.15, 0.2) is 30.3 Å². The Balaban J connectivity index is 2.87. The van der Waals surface area contributed by atoms with Gasteiger partial charge in [-0.25, -0.2) is 4.79 Å². The van der Waals surface area contributed by atoms with Gasteiger partial charge in [0.05, 0.1) is 12.1 Å². The maximum atomic E-state index is 11.9. The summed E-state index contributed by atoms with van der Waals surface area (Å²) in [6.07, 6.45) is 0.107. The van der Waals surface area contributed by atoms with Gasteiger partial charge in [-0.05, 0) is 52.1 Å². The van der Waals surface area contributed by atoms with Crippen LogP contribution in [0.1, 0.15) is 39.2 Å². The van der Waals surface area contributed by atoms with Crippen LogP contribution < -0.4 is 5.32 Å². The van der Waals surface area contributed by atoms with Crippen molar-refractivity contribution in [2.24, 2.45) is 0 Å². The molecule has 4 N–H and O–H groups in total. The molecule has 0 spiro atoms. The number of nitrogens with one attached hydrogen (secondary N) is 1. The molecule has 1 aromatic rings. The highest BCUT2D eigenvalue weighted by Gasteiger charge is 2.37. The van der Waals surface area contributed by atoms with Crippen molar-refractivity contribution in [3.8, 4) is 0 Å². The average molecular weight is 352 g/mol. The molecule has 0 unspecified atom stereocenters. The first-order valence-electron chi connectivity index (χ1n) is 8.83. The molecule has 0 aliphatic heterocycles. The Bertz CT molecular complexity index is 502. The van der Waals surface area contributed by atoms with Crippen LogP contribution in [0.25, 0.3) is 0 Å². The number of hydrogen-bond acceptors (Lipinski definition) is 4. The zero-order valence-corrected chi connectivity index (χ0v) is 15.5. The molecule has 0 fully saturated rings. The molecule has 142 valence electrons. The van der Waals surface area contributed by atoms with Gasteiger partial charge < -0.3 is 20.6 Å². The monoisotopic (exact) mass is 352 g/mol. The molecular formula is C19H32N2O4. The number of rotatable bonds is 10. The molecule has 0 radical (unpaired) electrons. The van der Waals surface area contributed by atoms with Crippen LogP contribution in [0.4, 0.5) is 4.79 Å². The summed E-state index contributed by atoms with van der Waals surface area (Å²) in [4.78, 5) is 13.2. The van der Waals surface area contributed by atoms with Crippen LogP contribution in [0.3, 0.4) is 0 Å². The van der Waals surface area contributed by atoms with E-state index in [1.54, 1.807) is 0 Å². The van der Waals surface area contributed by atoms with Crippen molar-refractivity contribution in [1.29, 1.82) is 0 Å². The molecule has 1 amide bonds. The predicted molar refractivity (Wildman–Crippen MR) is 98.7 cm³/mol. The fourth-order valence-electron chi connectivity index (χ4n) is 2.93. The third kappa shape index (κ3) is 7.42. The summed E-state index contributed by atoms with van der Waals surface area (Å²) in [5, 5.41) is 32.4. The van der Waals surface area contributed by atoms with Crippen LogP contribution >= 0.6 is 0 Å².